The molecule has 0 radical (unpaired) electrons. The van der Waals surface area contributed by atoms with Gasteiger partial charge in [0.05, 0.1) is 25.5 Å². The van der Waals surface area contributed by atoms with Crippen molar-refractivity contribution in [2.24, 2.45) is 0 Å². The Morgan fingerprint density at radius 1 is 1.00 bits per heavy atom. The summed E-state index contributed by atoms with van der Waals surface area (Å²) >= 11 is 0. The van der Waals surface area contributed by atoms with Gasteiger partial charge in [-0.25, -0.2) is 0 Å². The zero-order valence-electron chi connectivity index (χ0n) is 17.2. The second-order valence-corrected chi connectivity index (χ2v) is 6.93. The van der Waals surface area contributed by atoms with Crippen LogP contribution in [0.15, 0.2) is 77.0 Å². The Morgan fingerprint density at radius 2 is 1.79 bits per heavy atom. The first-order chi connectivity index (χ1) is 15.8. The second-order valence-electron chi connectivity index (χ2n) is 6.93. The highest BCUT2D eigenvalue weighted by Gasteiger charge is 2.40. The van der Waals surface area contributed by atoms with Crippen LogP contribution in [-0.4, -0.2) is 30.2 Å². The van der Waals surface area contributed by atoms with E-state index in [9.17, 15) is 22.8 Å². The number of amides is 2. The molecule has 0 bridgehead atoms. The summed E-state index contributed by atoms with van der Waals surface area (Å²) in [6, 6.07) is 14.8. The number of hydrogen-bond donors (Lipinski definition) is 1. The van der Waals surface area contributed by atoms with Crippen LogP contribution in [-0.2, 0) is 16.1 Å². The Hall–Kier alpha value is -4.21. The van der Waals surface area contributed by atoms with E-state index in [0.717, 1.165) is 17.0 Å². The van der Waals surface area contributed by atoms with E-state index in [-0.39, 0.29) is 23.5 Å². The van der Waals surface area contributed by atoms with Gasteiger partial charge in [-0.1, -0.05) is 24.3 Å². The van der Waals surface area contributed by atoms with E-state index >= 15 is 0 Å². The van der Waals surface area contributed by atoms with Crippen LogP contribution in [0.5, 0.6) is 11.5 Å². The molecule has 7 nitrogen and oxygen atoms in total. The number of nitrogens with zero attached hydrogens (tertiary/aromatic N) is 1. The average Bonchev–Trinajstić information content (AvgIpc) is 3.36. The molecule has 0 aliphatic carbocycles. The largest absolute Gasteiger partial charge is 0.573 e. The van der Waals surface area contributed by atoms with E-state index in [4.69, 9.17) is 9.15 Å². The van der Waals surface area contributed by atoms with Crippen LogP contribution in [0.2, 0.25) is 0 Å². The molecule has 0 spiro atoms. The SMILES string of the molecule is COc1ccccc1C1=C(Nc2cccc(OC(F)(F)F)c2)C(=O)N(Cc2ccco2)C1=O. The Balaban J connectivity index is 1.75. The number of imide groups is 1. The van der Waals surface area contributed by atoms with Gasteiger partial charge in [0.15, 0.2) is 0 Å². The molecule has 33 heavy (non-hydrogen) atoms. The lowest BCUT2D eigenvalue weighted by Gasteiger charge is -2.14. The topological polar surface area (TPSA) is 81.0 Å². The standard InChI is InChI=1S/C23H17F3N2O5/c1-31-18-10-3-2-9-17(18)19-20(22(30)28(21(19)29)13-16-8-5-11-32-16)27-14-6-4-7-15(12-14)33-23(24,25)26/h2-12,27H,13H2,1H3. The van der Waals surface area contributed by atoms with Crippen LogP contribution < -0.4 is 14.8 Å². The van der Waals surface area contributed by atoms with Crippen molar-refractivity contribution in [3.63, 3.8) is 0 Å². The molecule has 3 aromatic rings. The summed E-state index contributed by atoms with van der Waals surface area (Å²) in [5.41, 5.74) is 0.386. The molecule has 1 N–H and O–H groups in total. The van der Waals surface area contributed by atoms with E-state index in [1.54, 1.807) is 36.4 Å². The predicted molar refractivity (Wildman–Crippen MR) is 111 cm³/mol. The second kappa shape index (κ2) is 8.73. The number of methoxy groups -OCH3 is 1. The average molecular weight is 458 g/mol. The maximum Gasteiger partial charge on any atom is 0.573 e. The number of alkyl halides is 3. The Bertz CT molecular complexity index is 1220. The normalized spacial score (nSPS) is 14.1. The highest BCUT2D eigenvalue weighted by atomic mass is 19.4. The van der Waals surface area contributed by atoms with E-state index in [2.05, 4.69) is 10.1 Å². The zero-order chi connectivity index (χ0) is 23.6. The summed E-state index contributed by atoms with van der Waals surface area (Å²) in [6.45, 7) is -0.119. The molecule has 0 saturated carbocycles. The first-order valence-corrected chi connectivity index (χ1v) is 9.66. The number of hydrogen-bond acceptors (Lipinski definition) is 6. The fourth-order valence-electron chi connectivity index (χ4n) is 3.41. The van der Waals surface area contributed by atoms with Crippen molar-refractivity contribution in [2.45, 2.75) is 12.9 Å². The molecule has 1 aliphatic rings. The minimum absolute atomic E-state index is 0.0196. The highest BCUT2D eigenvalue weighted by molar-refractivity contribution is 6.36. The summed E-state index contributed by atoms with van der Waals surface area (Å²) in [5.74, 6) is -1.01. The third-order valence-electron chi connectivity index (χ3n) is 4.78. The third kappa shape index (κ3) is 4.69. The zero-order valence-corrected chi connectivity index (χ0v) is 17.2. The van der Waals surface area contributed by atoms with E-state index in [1.807, 2.05) is 0 Å². The van der Waals surface area contributed by atoms with Gasteiger partial charge in [0.2, 0.25) is 0 Å². The number of para-hydroxylation sites is 1. The summed E-state index contributed by atoms with van der Waals surface area (Å²) in [6.07, 6.45) is -3.46. The molecule has 2 heterocycles. The van der Waals surface area contributed by atoms with Crippen molar-refractivity contribution in [2.75, 3.05) is 12.4 Å². The molecule has 0 unspecified atom stereocenters. The molecular weight excluding hydrogens is 441 g/mol. The monoisotopic (exact) mass is 458 g/mol. The molecule has 170 valence electrons. The number of carbonyl (C=O) groups is 2. The van der Waals surface area contributed by atoms with Gasteiger partial charge in [-0.2, -0.15) is 0 Å². The van der Waals surface area contributed by atoms with Crippen molar-refractivity contribution in [3.8, 4) is 11.5 Å². The van der Waals surface area contributed by atoms with E-state index in [0.29, 0.717) is 17.1 Å². The summed E-state index contributed by atoms with van der Waals surface area (Å²) in [7, 11) is 1.42. The van der Waals surface area contributed by atoms with Crippen molar-refractivity contribution < 1.29 is 36.7 Å². The van der Waals surface area contributed by atoms with Gasteiger partial charge in [0, 0.05) is 17.3 Å². The Labute approximate surface area is 186 Å². The van der Waals surface area contributed by atoms with Crippen molar-refractivity contribution in [1.82, 2.24) is 4.90 Å². The van der Waals surface area contributed by atoms with Gasteiger partial charge in [0.1, 0.15) is 23.0 Å². The number of halogens is 3. The fourth-order valence-corrected chi connectivity index (χ4v) is 3.41. The van der Waals surface area contributed by atoms with Crippen LogP contribution in [0.1, 0.15) is 11.3 Å². The summed E-state index contributed by atoms with van der Waals surface area (Å²) in [4.78, 5) is 27.5. The Kier molecular flexibility index (Phi) is 5.82. The number of carbonyl (C=O) groups excluding carboxylic acids is 2. The minimum atomic E-state index is -4.88. The number of anilines is 1. The Morgan fingerprint density at radius 3 is 2.48 bits per heavy atom. The molecule has 2 amide bonds. The summed E-state index contributed by atoms with van der Waals surface area (Å²) < 4.78 is 52.4. The van der Waals surface area contributed by atoms with Gasteiger partial charge in [0.25, 0.3) is 11.8 Å². The smallest absolute Gasteiger partial charge is 0.496 e. The molecule has 1 aromatic heterocycles. The van der Waals surface area contributed by atoms with Crippen molar-refractivity contribution in [1.29, 1.82) is 0 Å². The lowest BCUT2D eigenvalue weighted by atomic mass is 10.0. The molecule has 0 atom stereocenters. The third-order valence-corrected chi connectivity index (χ3v) is 4.78. The van der Waals surface area contributed by atoms with E-state index in [1.165, 1.54) is 25.5 Å². The van der Waals surface area contributed by atoms with Crippen molar-refractivity contribution >= 4 is 23.1 Å². The minimum Gasteiger partial charge on any atom is -0.496 e. The van der Waals surface area contributed by atoms with Gasteiger partial charge < -0.3 is 19.2 Å². The van der Waals surface area contributed by atoms with Crippen LogP contribution in [0.4, 0.5) is 18.9 Å². The molecule has 0 fully saturated rings. The molecule has 4 rings (SSSR count). The van der Waals surface area contributed by atoms with Gasteiger partial charge in [-0.15, -0.1) is 13.2 Å². The lowest BCUT2D eigenvalue weighted by Crippen LogP contribution is -2.31. The van der Waals surface area contributed by atoms with E-state index < -0.39 is 23.9 Å². The molecule has 1 aliphatic heterocycles. The maximum atomic E-state index is 13.3. The number of ether oxygens (including phenoxy) is 2. The van der Waals surface area contributed by atoms with Gasteiger partial charge in [-0.05, 0) is 30.3 Å². The van der Waals surface area contributed by atoms with Gasteiger partial charge in [-0.3, -0.25) is 14.5 Å². The van der Waals surface area contributed by atoms with Crippen molar-refractivity contribution in [3.05, 3.63) is 83.9 Å². The number of nitrogens with one attached hydrogen (secondary N) is 1. The summed E-state index contributed by atoms with van der Waals surface area (Å²) in [5, 5.41) is 2.79. The van der Waals surface area contributed by atoms with Gasteiger partial charge >= 0.3 is 6.36 Å². The molecule has 0 saturated heterocycles. The number of furan rings is 1. The van der Waals surface area contributed by atoms with Crippen LogP contribution in [0.25, 0.3) is 5.57 Å². The van der Waals surface area contributed by atoms with Crippen LogP contribution in [0.3, 0.4) is 0 Å². The fraction of sp³-hybridized carbons (Fsp3) is 0.130. The van der Waals surface area contributed by atoms with Crippen LogP contribution in [0, 0.1) is 0 Å². The predicted octanol–water partition coefficient (Wildman–Crippen LogP) is 4.58. The number of benzene rings is 2. The first-order valence-electron chi connectivity index (χ1n) is 9.66. The molecular formula is C23H17F3N2O5. The maximum absolute atomic E-state index is 13.3. The number of rotatable bonds is 7. The highest BCUT2D eigenvalue weighted by Crippen LogP contribution is 2.36. The quantitative estimate of drug-likeness (QED) is 0.522. The van der Waals surface area contributed by atoms with Crippen LogP contribution >= 0.6 is 0 Å². The molecule has 10 heteroatoms. The molecule has 2 aromatic carbocycles. The lowest BCUT2D eigenvalue weighted by molar-refractivity contribution is -0.274. The first kappa shape index (κ1) is 22.0.